The van der Waals surface area contributed by atoms with Crippen LogP contribution in [0, 0.1) is 5.41 Å². The molecule has 0 bridgehead atoms. The third-order valence-corrected chi connectivity index (χ3v) is 4.80. The lowest BCUT2D eigenvalue weighted by atomic mass is 9.81. The molecule has 3 nitrogen and oxygen atoms in total. The first-order valence-electron chi connectivity index (χ1n) is 5.85. The number of hydrogen-bond donors (Lipinski definition) is 1. The van der Waals surface area contributed by atoms with Crippen LogP contribution in [0.3, 0.4) is 0 Å². The van der Waals surface area contributed by atoms with Crippen LogP contribution in [0.4, 0.5) is 5.69 Å². The van der Waals surface area contributed by atoms with Crippen molar-refractivity contribution in [3.8, 4) is 0 Å². The van der Waals surface area contributed by atoms with E-state index in [4.69, 9.17) is 0 Å². The van der Waals surface area contributed by atoms with Gasteiger partial charge < -0.3 is 0 Å². The maximum atomic E-state index is 4.49. The lowest BCUT2D eigenvalue weighted by molar-refractivity contribution is 0.180. The summed E-state index contributed by atoms with van der Waals surface area (Å²) in [5.41, 5.74) is 4.50. The number of anilines is 1. The Morgan fingerprint density at radius 2 is 2.00 bits per heavy atom. The van der Waals surface area contributed by atoms with Gasteiger partial charge in [0.15, 0.2) is 5.17 Å². The number of hydrogen-bond acceptors (Lipinski definition) is 4. The second kappa shape index (κ2) is 3.19. The van der Waals surface area contributed by atoms with Crippen LogP contribution >= 0.6 is 11.8 Å². The van der Waals surface area contributed by atoms with Crippen LogP contribution in [-0.4, -0.2) is 10.8 Å². The summed E-state index contributed by atoms with van der Waals surface area (Å²) in [4.78, 5) is 3.62. The van der Waals surface area contributed by atoms with Crippen molar-refractivity contribution in [1.29, 1.82) is 0 Å². The number of fused-ring (bicyclic) bond motifs is 3. The minimum absolute atomic E-state index is 0.0935. The van der Waals surface area contributed by atoms with E-state index in [1.807, 2.05) is 0 Å². The average Bonchev–Trinajstić information content (AvgIpc) is 2.76. The summed E-state index contributed by atoms with van der Waals surface area (Å²) in [6.45, 7) is 8.93. The highest BCUT2D eigenvalue weighted by Gasteiger charge is 2.51. The van der Waals surface area contributed by atoms with Crippen LogP contribution < -0.4 is 10.3 Å². The smallest absolute Gasteiger partial charge is 0.194 e. The summed E-state index contributed by atoms with van der Waals surface area (Å²) in [6.07, 6.45) is 0. The molecule has 0 amide bonds. The molecule has 0 aromatic heterocycles. The molecule has 1 atom stereocenters. The molecule has 0 saturated carbocycles. The predicted molar refractivity (Wildman–Crippen MR) is 73.2 cm³/mol. The predicted octanol–water partition coefficient (Wildman–Crippen LogP) is 3.24. The van der Waals surface area contributed by atoms with Crippen LogP contribution in [0.2, 0.25) is 0 Å². The molecule has 3 rings (SSSR count). The second-order valence-corrected chi connectivity index (χ2v) is 6.74. The van der Waals surface area contributed by atoms with Gasteiger partial charge >= 0.3 is 0 Å². The topological polar surface area (TPSA) is 27.6 Å². The molecule has 1 N–H and O–H groups in total. The van der Waals surface area contributed by atoms with Crippen molar-refractivity contribution < 1.29 is 0 Å². The summed E-state index contributed by atoms with van der Waals surface area (Å²) in [7, 11) is 0. The van der Waals surface area contributed by atoms with Crippen LogP contribution in [-0.2, 0) is 0 Å². The summed E-state index contributed by atoms with van der Waals surface area (Å²) in [5, 5.41) is 5.55. The van der Waals surface area contributed by atoms with E-state index in [9.17, 15) is 0 Å². The fraction of sp³-hybridized carbons (Fsp3) is 0.462. The molecule has 0 fully saturated rings. The van der Waals surface area contributed by atoms with E-state index in [1.54, 1.807) is 11.8 Å². The molecular formula is C13H17N3S. The number of nitrogens with one attached hydrogen (secondary N) is 1. The number of amidine groups is 1. The monoisotopic (exact) mass is 247 g/mol. The fourth-order valence-corrected chi connectivity index (χ4v) is 3.26. The first-order chi connectivity index (χ1) is 7.93. The first kappa shape index (κ1) is 11.0. The molecule has 0 spiro atoms. The Morgan fingerprint density at radius 1 is 1.29 bits per heavy atom. The molecular weight excluding hydrogens is 230 g/mol. The zero-order chi connectivity index (χ0) is 12.3. The zero-order valence-electron chi connectivity index (χ0n) is 10.6. The van der Waals surface area contributed by atoms with Gasteiger partial charge in [-0.1, -0.05) is 32.9 Å². The van der Waals surface area contributed by atoms with Gasteiger partial charge in [-0.2, -0.15) is 5.10 Å². The molecule has 2 heterocycles. The first-order valence-corrected chi connectivity index (χ1v) is 6.67. The molecule has 4 heteroatoms. The average molecular weight is 247 g/mol. The van der Waals surface area contributed by atoms with Crippen molar-refractivity contribution in [3.05, 3.63) is 24.3 Å². The Morgan fingerprint density at radius 3 is 2.71 bits per heavy atom. The van der Waals surface area contributed by atoms with E-state index < -0.39 is 0 Å². The number of nitrogens with zero attached hydrogens (tertiary/aromatic N) is 2. The van der Waals surface area contributed by atoms with Gasteiger partial charge in [-0.3, -0.25) is 10.3 Å². The van der Waals surface area contributed by atoms with Crippen LogP contribution in [0.5, 0.6) is 0 Å². The van der Waals surface area contributed by atoms with Gasteiger partial charge in [-0.15, -0.1) is 0 Å². The molecule has 0 saturated heterocycles. The van der Waals surface area contributed by atoms with Crippen molar-refractivity contribution >= 4 is 22.6 Å². The summed E-state index contributed by atoms with van der Waals surface area (Å²) in [5.74, 6) is 0. The molecule has 0 radical (unpaired) electrons. The minimum Gasteiger partial charge on any atom is -0.293 e. The van der Waals surface area contributed by atoms with Crippen molar-refractivity contribution in [2.24, 2.45) is 10.5 Å². The highest BCUT2D eigenvalue weighted by molar-refractivity contribution is 8.14. The second-order valence-electron chi connectivity index (χ2n) is 5.73. The number of rotatable bonds is 0. The molecule has 0 unspecified atom stereocenters. The van der Waals surface area contributed by atoms with Crippen molar-refractivity contribution in [1.82, 2.24) is 5.43 Å². The standard InChI is InChI=1S/C13H17N3S/c1-12(2,3)13(4)15-14-11-16(13)9-7-5-6-8-10(9)17-11/h5-8,15H,1-4H3/t13-/m1/s1. The van der Waals surface area contributed by atoms with Gasteiger partial charge in [-0.05, 0) is 30.8 Å². The van der Waals surface area contributed by atoms with Crippen LogP contribution in [0.25, 0.3) is 0 Å². The Balaban J connectivity index is 2.12. The number of hydrazone groups is 1. The SMILES string of the molecule is CC(C)(C)[C@]1(C)NN=C2Sc3ccccc3N21. The quantitative estimate of drug-likeness (QED) is 0.762. The third-order valence-electron chi connectivity index (χ3n) is 3.78. The molecule has 1 aromatic carbocycles. The highest BCUT2D eigenvalue weighted by atomic mass is 32.2. The van der Waals surface area contributed by atoms with Gasteiger partial charge in [0.25, 0.3) is 0 Å². The van der Waals surface area contributed by atoms with E-state index in [0.717, 1.165) is 5.17 Å². The zero-order valence-corrected chi connectivity index (χ0v) is 11.4. The third kappa shape index (κ3) is 1.33. The van der Waals surface area contributed by atoms with Gasteiger partial charge in [0.05, 0.1) is 5.69 Å². The van der Waals surface area contributed by atoms with E-state index in [1.165, 1.54) is 10.6 Å². The van der Waals surface area contributed by atoms with Crippen molar-refractivity contribution in [3.63, 3.8) is 0 Å². The molecule has 2 aliphatic heterocycles. The van der Waals surface area contributed by atoms with E-state index in [2.05, 4.69) is 67.4 Å². The highest BCUT2D eigenvalue weighted by Crippen LogP contribution is 2.49. The molecule has 90 valence electrons. The molecule has 2 aliphatic rings. The minimum atomic E-state index is -0.165. The van der Waals surface area contributed by atoms with E-state index >= 15 is 0 Å². The summed E-state index contributed by atoms with van der Waals surface area (Å²) < 4.78 is 0. The van der Waals surface area contributed by atoms with Crippen LogP contribution in [0.15, 0.2) is 34.3 Å². The Hall–Kier alpha value is -1.16. The van der Waals surface area contributed by atoms with Gasteiger partial charge in [0.1, 0.15) is 5.66 Å². The maximum absolute atomic E-state index is 4.49. The van der Waals surface area contributed by atoms with Gasteiger partial charge in [-0.25, -0.2) is 0 Å². The maximum Gasteiger partial charge on any atom is 0.194 e. The number of thioether (sulfide) groups is 1. The Kier molecular flexibility index (Phi) is 2.06. The lowest BCUT2D eigenvalue weighted by Gasteiger charge is -2.44. The van der Waals surface area contributed by atoms with Gasteiger partial charge in [0, 0.05) is 10.3 Å². The van der Waals surface area contributed by atoms with Crippen molar-refractivity contribution in [2.75, 3.05) is 4.90 Å². The largest absolute Gasteiger partial charge is 0.293 e. The fourth-order valence-electron chi connectivity index (χ4n) is 2.19. The number of benzene rings is 1. The molecule has 1 aromatic rings. The Labute approximate surface area is 106 Å². The van der Waals surface area contributed by atoms with Crippen LogP contribution in [0.1, 0.15) is 27.7 Å². The molecule has 17 heavy (non-hydrogen) atoms. The van der Waals surface area contributed by atoms with Gasteiger partial charge in [0.2, 0.25) is 0 Å². The summed E-state index contributed by atoms with van der Waals surface area (Å²) >= 11 is 1.74. The lowest BCUT2D eigenvalue weighted by Crippen LogP contribution is -2.59. The molecule has 0 aliphatic carbocycles. The van der Waals surface area contributed by atoms with E-state index in [-0.39, 0.29) is 11.1 Å². The van der Waals surface area contributed by atoms with Crippen molar-refractivity contribution in [2.45, 2.75) is 38.3 Å². The summed E-state index contributed by atoms with van der Waals surface area (Å²) in [6, 6.07) is 8.49. The van der Waals surface area contributed by atoms with E-state index in [0.29, 0.717) is 0 Å². The Bertz CT molecular complexity index is 504. The number of para-hydroxylation sites is 1. The normalized spacial score (nSPS) is 26.4.